The second-order valence-electron chi connectivity index (χ2n) is 4.35. The van der Waals surface area contributed by atoms with Crippen LogP contribution >= 0.6 is 10.7 Å². The van der Waals surface area contributed by atoms with Crippen LogP contribution in [0.25, 0.3) is 0 Å². The molecule has 1 saturated heterocycles. The Morgan fingerprint density at radius 1 is 1.44 bits per heavy atom. The lowest BCUT2D eigenvalue weighted by Crippen LogP contribution is -2.28. The summed E-state index contributed by atoms with van der Waals surface area (Å²) in [5, 5.41) is 0. The summed E-state index contributed by atoms with van der Waals surface area (Å²) in [6.45, 7) is 3.02. The SMILES string of the molecule is Cc1ccc(OC2CCCOC2)c(S(=O)(=O)Cl)c1. The minimum Gasteiger partial charge on any atom is -0.487 e. The van der Waals surface area contributed by atoms with Gasteiger partial charge in [-0.15, -0.1) is 0 Å². The van der Waals surface area contributed by atoms with Crippen molar-refractivity contribution < 1.29 is 17.9 Å². The molecule has 0 saturated carbocycles. The molecule has 0 aliphatic carbocycles. The Kier molecular flexibility index (Phi) is 4.14. The van der Waals surface area contributed by atoms with E-state index in [1.807, 2.05) is 0 Å². The van der Waals surface area contributed by atoms with Crippen molar-refractivity contribution in [2.45, 2.75) is 30.8 Å². The lowest BCUT2D eigenvalue weighted by atomic mass is 10.1. The van der Waals surface area contributed by atoms with E-state index in [4.69, 9.17) is 20.2 Å². The third-order valence-corrected chi connectivity index (χ3v) is 4.12. The van der Waals surface area contributed by atoms with Gasteiger partial charge in [0.1, 0.15) is 16.7 Å². The first kappa shape index (κ1) is 13.6. The molecule has 1 fully saturated rings. The molecule has 0 bridgehead atoms. The Hall–Kier alpha value is -0.780. The molecule has 6 heteroatoms. The molecule has 0 amide bonds. The van der Waals surface area contributed by atoms with Gasteiger partial charge in [0.05, 0.1) is 6.61 Å². The van der Waals surface area contributed by atoms with Gasteiger partial charge in [0.25, 0.3) is 9.05 Å². The molecule has 4 nitrogen and oxygen atoms in total. The fourth-order valence-electron chi connectivity index (χ4n) is 1.89. The van der Waals surface area contributed by atoms with Gasteiger partial charge in [-0.25, -0.2) is 8.42 Å². The summed E-state index contributed by atoms with van der Waals surface area (Å²) in [6.07, 6.45) is 1.66. The number of ether oxygens (including phenoxy) is 2. The van der Waals surface area contributed by atoms with Gasteiger partial charge >= 0.3 is 0 Å². The van der Waals surface area contributed by atoms with E-state index in [-0.39, 0.29) is 11.0 Å². The average Bonchev–Trinajstić information content (AvgIpc) is 2.31. The van der Waals surface area contributed by atoms with Crippen LogP contribution in [0.3, 0.4) is 0 Å². The third kappa shape index (κ3) is 3.37. The molecule has 1 aliphatic heterocycles. The van der Waals surface area contributed by atoms with Gasteiger partial charge in [0.2, 0.25) is 0 Å². The highest BCUT2D eigenvalue weighted by Gasteiger charge is 2.21. The van der Waals surface area contributed by atoms with Gasteiger partial charge in [-0.2, -0.15) is 0 Å². The van der Waals surface area contributed by atoms with E-state index in [0.717, 1.165) is 25.0 Å². The molecule has 1 aromatic carbocycles. The molecule has 100 valence electrons. The van der Waals surface area contributed by atoms with E-state index in [2.05, 4.69) is 0 Å². The molecule has 0 N–H and O–H groups in total. The molecule has 1 atom stereocenters. The quantitative estimate of drug-likeness (QED) is 0.803. The van der Waals surface area contributed by atoms with Gasteiger partial charge < -0.3 is 9.47 Å². The maximum Gasteiger partial charge on any atom is 0.264 e. The molecule has 2 rings (SSSR count). The van der Waals surface area contributed by atoms with E-state index in [1.165, 1.54) is 6.07 Å². The first-order valence-electron chi connectivity index (χ1n) is 5.76. The fourth-order valence-corrected chi connectivity index (χ4v) is 2.93. The summed E-state index contributed by atoms with van der Waals surface area (Å²) in [5.41, 5.74) is 0.821. The Morgan fingerprint density at radius 2 is 2.22 bits per heavy atom. The number of hydrogen-bond donors (Lipinski definition) is 0. The summed E-state index contributed by atoms with van der Waals surface area (Å²) < 4.78 is 34.0. The lowest BCUT2D eigenvalue weighted by Gasteiger charge is -2.24. The summed E-state index contributed by atoms with van der Waals surface area (Å²) in [5.74, 6) is 0.297. The highest BCUT2D eigenvalue weighted by atomic mass is 35.7. The number of rotatable bonds is 3. The first-order valence-corrected chi connectivity index (χ1v) is 8.07. The van der Waals surface area contributed by atoms with Crippen molar-refractivity contribution in [2.75, 3.05) is 13.2 Å². The topological polar surface area (TPSA) is 52.6 Å². The molecule has 0 aromatic heterocycles. The van der Waals surface area contributed by atoms with E-state index >= 15 is 0 Å². The highest BCUT2D eigenvalue weighted by molar-refractivity contribution is 8.13. The maximum absolute atomic E-state index is 11.5. The molecule has 0 spiro atoms. The van der Waals surface area contributed by atoms with Crippen molar-refractivity contribution in [3.8, 4) is 5.75 Å². The number of benzene rings is 1. The van der Waals surface area contributed by atoms with Crippen LogP contribution < -0.4 is 4.74 Å². The highest BCUT2D eigenvalue weighted by Crippen LogP contribution is 2.29. The molecule has 1 unspecified atom stereocenters. The maximum atomic E-state index is 11.5. The zero-order chi connectivity index (χ0) is 13.2. The van der Waals surface area contributed by atoms with Crippen molar-refractivity contribution >= 4 is 19.7 Å². The van der Waals surface area contributed by atoms with Gasteiger partial charge in [0, 0.05) is 17.3 Å². The minimum atomic E-state index is -3.80. The monoisotopic (exact) mass is 290 g/mol. The standard InChI is InChI=1S/C12H15ClO4S/c1-9-4-5-11(12(7-9)18(13,14)15)17-10-3-2-6-16-8-10/h4-5,7,10H,2-3,6,8H2,1H3. The number of hydrogen-bond acceptors (Lipinski definition) is 4. The minimum absolute atomic E-state index is 0.0229. The van der Waals surface area contributed by atoms with E-state index in [1.54, 1.807) is 19.1 Å². The molecule has 1 heterocycles. The average molecular weight is 291 g/mol. The molecule has 1 aliphatic rings. The summed E-state index contributed by atoms with van der Waals surface area (Å²) in [6, 6.07) is 4.95. The molecular weight excluding hydrogens is 276 g/mol. The Bertz CT molecular complexity index is 521. The van der Waals surface area contributed by atoms with E-state index in [9.17, 15) is 8.42 Å². The lowest BCUT2D eigenvalue weighted by molar-refractivity contribution is 0.00621. The Labute approximate surface area is 111 Å². The number of halogens is 1. The second-order valence-corrected chi connectivity index (χ2v) is 6.88. The molecule has 18 heavy (non-hydrogen) atoms. The summed E-state index contributed by atoms with van der Waals surface area (Å²) in [4.78, 5) is 0.0229. The zero-order valence-electron chi connectivity index (χ0n) is 10.1. The largest absolute Gasteiger partial charge is 0.487 e. The normalized spacial score (nSPS) is 20.7. The van der Waals surface area contributed by atoms with E-state index in [0.29, 0.717) is 12.4 Å². The molecule has 0 radical (unpaired) electrons. The zero-order valence-corrected chi connectivity index (χ0v) is 11.6. The van der Waals surface area contributed by atoms with Crippen LogP contribution in [-0.2, 0) is 13.8 Å². The fraction of sp³-hybridized carbons (Fsp3) is 0.500. The third-order valence-electron chi connectivity index (χ3n) is 2.77. The van der Waals surface area contributed by atoms with Crippen molar-refractivity contribution in [1.82, 2.24) is 0 Å². The van der Waals surface area contributed by atoms with Crippen molar-refractivity contribution in [3.05, 3.63) is 23.8 Å². The van der Waals surface area contributed by atoms with Crippen LogP contribution in [-0.4, -0.2) is 27.7 Å². The summed E-state index contributed by atoms with van der Waals surface area (Å²) in [7, 11) is 1.61. The molecular formula is C12H15ClO4S. The Balaban J connectivity index is 2.26. The van der Waals surface area contributed by atoms with Crippen molar-refractivity contribution in [2.24, 2.45) is 0 Å². The van der Waals surface area contributed by atoms with Gasteiger partial charge in [-0.1, -0.05) is 6.07 Å². The van der Waals surface area contributed by atoms with Crippen LogP contribution in [0.15, 0.2) is 23.1 Å². The van der Waals surface area contributed by atoms with E-state index < -0.39 is 9.05 Å². The number of aryl methyl sites for hydroxylation is 1. The van der Waals surface area contributed by atoms with Crippen molar-refractivity contribution in [1.29, 1.82) is 0 Å². The second kappa shape index (κ2) is 5.47. The molecule has 1 aromatic rings. The summed E-state index contributed by atoms with van der Waals surface area (Å²) >= 11 is 0. The predicted octanol–water partition coefficient (Wildman–Crippen LogP) is 2.48. The smallest absolute Gasteiger partial charge is 0.264 e. The first-order chi connectivity index (χ1) is 8.47. The van der Waals surface area contributed by atoms with Crippen LogP contribution in [0.5, 0.6) is 5.75 Å². The van der Waals surface area contributed by atoms with Crippen molar-refractivity contribution in [3.63, 3.8) is 0 Å². The van der Waals surface area contributed by atoms with Crippen LogP contribution in [0.4, 0.5) is 0 Å². The Morgan fingerprint density at radius 3 is 2.83 bits per heavy atom. The van der Waals surface area contributed by atoms with Gasteiger partial charge in [-0.05, 0) is 37.5 Å². The van der Waals surface area contributed by atoms with Crippen LogP contribution in [0, 0.1) is 6.92 Å². The van der Waals surface area contributed by atoms with Crippen LogP contribution in [0.2, 0.25) is 0 Å². The van der Waals surface area contributed by atoms with Crippen LogP contribution in [0.1, 0.15) is 18.4 Å². The predicted molar refractivity (Wildman–Crippen MR) is 68.7 cm³/mol. The van der Waals surface area contributed by atoms with Gasteiger partial charge in [-0.3, -0.25) is 0 Å². The van der Waals surface area contributed by atoms with Gasteiger partial charge in [0.15, 0.2) is 0 Å².